The van der Waals surface area contributed by atoms with E-state index in [9.17, 15) is 4.79 Å². The Bertz CT molecular complexity index is 1600. The molecule has 3 aliphatic rings. The topological polar surface area (TPSA) is 54.9 Å². The van der Waals surface area contributed by atoms with Crippen LogP contribution < -0.4 is 5.32 Å². The highest BCUT2D eigenvalue weighted by molar-refractivity contribution is 7.13. The molecule has 1 amide bonds. The van der Waals surface area contributed by atoms with Gasteiger partial charge in [0.1, 0.15) is 0 Å². The van der Waals surface area contributed by atoms with Crippen LogP contribution in [0.1, 0.15) is 58.7 Å². The minimum absolute atomic E-state index is 0.0400. The van der Waals surface area contributed by atoms with Gasteiger partial charge in [0.25, 0.3) is 0 Å². The number of benzene rings is 3. The van der Waals surface area contributed by atoms with Crippen LogP contribution in [0.5, 0.6) is 0 Å². The van der Waals surface area contributed by atoms with Crippen LogP contribution in [0.15, 0.2) is 103 Å². The van der Waals surface area contributed by atoms with Crippen LogP contribution in [-0.2, 0) is 11.2 Å². The molecule has 5 aromatic rings. The second-order valence-corrected chi connectivity index (χ2v) is 11.4. The molecule has 3 aromatic carbocycles. The minimum atomic E-state index is -0.540. The van der Waals surface area contributed by atoms with Crippen LogP contribution in [0.4, 0.5) is 5.13 Å². The van der Waals surface area contributed by atoms with Crippen molar-refractivity contribution in [3.05, 3.63) is 136 Å². The highest BCUT2D eigenvalue weighted by atomic mass is 32.1. The summed E-state index contributed by atoms with van der Waals surface area (Å²) in [7, 11) is 0. The molecule has 0 saturated carbocycles. The maximum Gasteiger partial charge on any atom is 0.233 e. The molecule has 186 valence electrons. The molecule has 38 heavy (non-hydrogen) atoms. The molecule has 2 bridgehead atoms. The third-order valence-corrected chi connectivity index (χ3v) is 9.08. The van der Waals surface area contributed by atoms with Gasteiger partial charge in [0.15, 0.2) is 5.13 Å². The molecule has 8 rings (SSSR count). The number of pyridine rings is 1. The fourth-order valence-electron chi connectivity index (χ4n) is 6.44. The molecule has 0 aliphatic heterocycles. The zero-order valence-electron chi connectivity index (χ0n) is 21.1. The minimum Gasteiger partial charge on any atom is -0.301 e. The monoisotopic (exact) mass is 513 g/mol. The third kappa shape index (κ3) is 3.77. The summed E-state index contributed by atoms with van der Waals surface area (Å²) < 4.78 is 0. The van der Waals surface area contributed by atoms with Crippen molar-refractivity contribution >= 4 is 22.4 Å². The lowest BCUT2D eigenvalue weighted by Gasteiger charge is -2.50. The summed E-state index contributed by atoms with van der Waals surface area (Å²) in [4.78, 5) is 22.8. The number of amides is 1. The first-order valence-corrected chi connectivity index (χ1v) is 13.9. The van der Waals surface area contributed by atoms with Gasteiger partial charge >= 0.3 is 0 Å². The zero-order chi connectivity index (χ0) is 25.7. The second-order valence-electron chi connectivity index (χ2n) is 10.6. The van der Waals surface area contributed by atoms with Crippen molar-refractivity contribution in [2.24, 2.45) is 5.41 Å². The first-order valence-electron chi connectivity index (χ1n) is 13.0. The van der Waals surface area contributed by atoms with Crippen molar-refractivity contribution in [3.63, 3.8) is 0 Å². The van der Waals surface area contributed by atoms with Crippen molar-refractivity contribution < 1.29 is 4.79 Å². The summed E-state index contributed by atoms with van der Waals surface area (Å²) in [6, 6.07) is 29.9. The Hall–Kier alpha value is -4.09. The Morgan fingerprint density at radius 3 is 2.13 bits per heavy atom. The molecule has 0 radical (unpaired) electrons. The molecule has 0 spiro atoms. The first kappa shape index (κ1) is 23.1. The highest BCUT2D eigenvalue weighted by Crippen LogP contribution is 2.61. The summed E-state index contributed by atoms with van der Waals surface area (Å²) in [5.41, 5.74) is 9.25. The second kappa shape index (κ2) is 9.03. The SMILES string of the molecule is CC1(C(=O)Nc2nc(Cc3ccc(-c4ccncc4)cc3)cs2)CC2c3ccccc3C1c1ccccc12. The molecule has 2 aromatic heterocycles. The Labute approximate surface area is 226 Å². The maximum absolute atomic E-state index is 13.9. The van der Waals surface area contributed by atoms with Gasteiger partial charge in [0, 0.05) is 36.0 Å². The number of hydrogen-bond acceptors (Lipinski definition) is 4. The van der Waals surface area contributed by atoms with E-state index in [1.165, 1.54) is 44.7 Å². The van der Waals surface area contributed by atoms with Gasteiger partial charge in [-0.1, -0.05) is 72.8 Å². The number of carbonyl (C=O) groups is 1. The molecule has 1 unspecified atom stereocenters. The molecule has 3 aliphatic carbocycles. The maximum atomic E-state index is 13.9. The van der Waals surface area contributed by atoms with E-state index in [1.54, 1.807) is 0 Å². The van der Waals surface area contributed by atoms with Crippen LogP contribution >= 0.6 is 11.3 Å². The number of nitrogens with one attached hydrogen (secondary N) is 1. The normalized spacial score (nSPS) is 21.0. The van der Waals surface area contributed by atoms with Gasteiger partial charge in [-0.25, -0.2) is 4.98 Å². The summed E-state index contributed by atoms with van der Waals surface area (Å²) >= 11 is 1.50. The van der Waals surface area contributed by atoms with Crippen LogP contribution in [0.2, 0.25) is 0 Å². The summed E-state index contributed by atoms with van der Waals surface area (Å²) in [6.45, 7) is 2.13. The van der Waals surface area contributed by atoms with Gasteiger partial charge in [0.05, 0.1) is 11.1 Å². The zero-order valence-corrected chi connectivity index (χ0v) is 21.9. The predicted molar refractivity (Wildman–Crippen MR) is 153 cm³/mol. The number of carbonyl (C=O) groups excluding carboxylic acids is 1. The Morgan fingerprint density at radius 1 is 0.868 bits per heavy atom. The summed E-state index contributed by atoms with van der Waals surface area (Å²) in [6.07, 6.45) is 5.15. The first-order chi connectivity index (χ1) is 18.6. The summed E-state index contributed by atoms with van der Waals surface area (Å²) in [5, 5.41) is 5.92. The van der Waals surface area contributed by atoms with Crippen molar-refractivity contribution in [1.82, 2.24) is 9.97 Å². The molecular weight excluding hydrogens is 486 g/mol. The Kier molecular flexibility index (Phi) is 5.48. The third-order valence-electron chi connectivity index (χ3n) is 8.27. The fourth-order valence-corrected chi connectivity index (χ4v) is 7.15. The average molecular weight is 514 g/mol. The van der Waals surface area contributed by atoms with Gasteiger partial charge in [0.2, 0.25) is 5.91 Å². The molecule has 1 N–H and O–H groups in total. The van der Waals surface area contributed by atoms with E-state index in [1.807, 2.05) is 29.9 Å². The van der Waals surface area contributed by atoms with E-state index < -0.39 is 5.41 Å². The fraction of sp³-hybridized carbons (Fsp3) is 0.182. The average Bonchev–Trinajstić information content (AvgIpc) is 3.40. The van der Waals surface area contributed by atoms with Gasteiger partial charge in [-0.2, -0.15) is 0 Å². The van der Waals surface area contributed by atoms with Gasteiger partial charge in [-0.3, -0.25) is 9.78 Å². The standard InChI is InChI=1S/C33H27N3OS/c1-33(19-29-25-6-2-4-8-27(25)30(33)28-9-5-3-7-26(28)29)31(37)36-32-35-24(20-38-32)18-21-10-12-22(13-11-21)23-14-16-34-17-15-23/h2-17,20,29-30H,18-19H2,1H3,(H,35,36,37). The number of fused-ring (bicyclic) bond motifs is 1. The number of nitrogens with zero attached hydrogens (tertiary/aromatic N) is 2. The predicted octanol–water partition coefficient (Wildman–Crippen LogP) is 7.42. The summed E-state index contributed by atoms with van der Waals surface area (Å²) in [5.74, 6) is 0.336. The quantitative estimate of drug-likeness (QED) is 0.266. The van der Waals surface area contributed by atoms with Gasteiger partial charge in [-0.05, 0) is 64.4 Å². The van der Waals surface area contributed by atoms with Crippen molar-refractivity contribution in [3.8, 4) is 11.1 Å². The Balaban J connectivity index is 1.10. The van der Waals surface area contributed by atoms with Crippen LogP contribution in [0.25, 0.3) is 11.1 Å². The number of anilines is 1. The molecule has 5 heteroatoms. The number of rotatable bonds is 5. The van der Waals surface area contributed by atoms with Gasteiger partial charge < -0.3 is 5.32 Å². The van der Waals surface area contributed by atoms with E-state index >= 15 is 0 Å². The van der Waals surface area contributed by atoms with Crippen molar-refractivity contribution in [1.29, 1.82) is 0 Å². The lowest BCUT2D eigenvalue weighted by atomic mass is 9.52. The van der Waals surface area contributed by atoms with Crippen LogP contribution in [0.3, 0.4) is 0 Å². The molecule has 4 nitrogen and oxygen atoms in total. The smallest absolute Gasteiger partial charge is 0.233 e. The molecule has 0 fully saturated rings. The molecule has 2 heterocycles. The molecular formula is C33H27N3OS. The van der Waals surface area contributed by atoms with E-state index in [-0.39, 0.29) is 17.7 Å². The van der Waals surface area contributed by atoms with E-state index in [0.717, 1.165) is 24.1 Å². The van der Waals surface area contributed by atoms with Crippen molar-refractivity contribution in [2.45, 2.75) is 31.6 Å². The van der Waals surface area contributed by atoms with Crippen LogP contribution in [0, 0.1) is 5.41 Å². The number of thiazole rings is 1. The van der Waals surface area contributed by atoms with E-state index in [2.05, 4.69) is 90.0 Å². The molecule has 1 atom stereocenters. The largest absolute Gasteiger partial charge is 0.301 e. The van der Waals surface area contributed by atoms with Crippen LogP contribution in [-0.4, -0.2) is 15.9 Å². The lowest BCUT2D eigenvalue weighted by molar-refractivity contribution is -0.126. The Morgan fingerprint density at radius 2 is 1.47 bits per heavy atom. The lowest BCUT2D eigenvalue weighted by Crippen LogP contribution is -2.47. The van der Waals surface area contributed by atoms with Gasteiger partial charge in [-0.15, -0.1) is 11.3 Å². The van der Waals surface area contributed by atoms with E-state index in [4.69, 9.17) is 4.98 Å². The molecule has 0 saturated heterocycles. The van der Waals surface area contributed by atoms with Crippen molar-refractivity contribution in [2.75, 3.05) is 5.32 Å². The number of hydrogen-bond donors (Lipinski definition) is 1. The van der Waals surface area contributed by atoms with E-state index in [0.29, 0.717) is 5.13 Å². The number of aromatic nitrogens is 2. The highest BCUT2D eigenvalue weighted by Gasteiger charge is 2.53.